The molecule has 0 aliphatic heterocycles. The van der Waals surface area contributed by atoms with Crippen LogP contribution in [-0.4, -0.2) is 13.7 Å². The molecule has 1 atom stereocenters. The maximum atomic E-state index is 5.63. The summed E-state index contributed by atoms with van der Waals surface area (Å²) in [5.41, 5.74) is 2.60. The molecule has 112 valence electrons. The summed E-state index contributed by atoms with van der Waals surface area (Å²) >= 11 is 3.47. The minimum absolute atomic E-state index is 0.311. The number of halogens is 1. The van der Waals surface area contributed by atoms with Gasteiger partial charge in [-0.2, -0.15) is 0 Å². The molecule has 0 heterocycles. The van der Waals surface area contributed by atoms with E-state index in [9.17, 15) is 0 Å². The molecule has 1 unspecified atom stereocenters. The lowest BCUT2D eigenvalue weighted by molar-refractivity contribution is 0.317. The maximum absolute atomic E-state index is 5.63. The Morgan fingerprint density at radius 1 is 1.05 bits per heavy atom. The molecule has 2 rings (SSSR count). The van der Waals surface area contributed by atoms with Crippen LogP contribution in [0.15, 0.2) is 53.0 Å². The summed E-state index contributed by atoms with van der Waals surface area (Å²) < 4.78 is 6.74. The van der Waals surface area contributed by atoms with E-state index in [4.69, 9.17) is 4.74 Å². The third kappa shape index (κ3) is 4.87. The number of nitrogens with one attached hydrogen (secondary N) is 1. The highest BCUT2D eigenvalue weighted by Gasteiger charge is 2.10. The van der Waals surface area contributed by atoms with Gasteiger partial charge in [0.1, 0.15) is 5.75 Å². The molecule has 2 aromatic carbocycles. The van der Waals surface area contributed by atoms with Crippen LogP contribution in [0.2, 0.25) is 0 Å². The number of hydrogen-bond donors (Lipinski definition) is 1. The second-order valence-corrected chi connectivity index (χ2v) is 6.01. The molecule has 0 spiro atoms. The predicted molar refractivity (Wildman–Crippen MR) is 91.9 cm³/mol. The monoisotopic (exact) mass is 347 g/mol. The molecule has 21 heavy (non-hydrogen) atoms. The van der Waals surface area contributed by atoms with Gasteiger partial charge in [-0.05, 0) is 55.3 Å². The van der Waals surface area contributed by atoms with Crippen molar-refractivity contribution in [3.05, 3.63) is 64.1 Å². The Morgan fingerprint density at radius 3 is 2.29 bits per heavy atom. The van der Waals surface area contributed by atoms with Gasteiger partial charge in [0.05, 0.1) is 6.61 Å². The van der Waals surface area contributed by atoms with E-state index in [1.165, 1.54) is 11.1 Å². The smallest absolute Gasteiger partial charge is 0.119 e. The first-order chi connectivity index (χ1) is 10.2. The SMILES string of the molecule is CCCOc1ccc(C(Cc2ccc(Br)cc2)NC)cc1. The predicted octanol–water partition coefficient (Wildman–Crippen LogP) is 4.74. The topological polar surface area (TPSA) is 21.3 Å². The van der Waals surface area contributed by atoms with E-state index in [-0.39, 0.29) is 0 Å². The van der Waals surface area contributed by atoms with Crippen LogP contribution in [0.3, 0.4) is 0 Å². The van der Waals surface area contributed by atoms with Crippen molar-refractivity contribution in [2.45, 2.75) is 25.8 Å². The van der Waals surface area contributed by atoms with Crippen molar-refractivity contribution in [1.82, 2.24) is 5.32 Å². The van der Waals surface area contributed by atoms with Crippen LogP contribution in [0.4, 0.5) is 0 Å². The van der Waals surface area contributed by atoms with Gasteiger partial charge in [0.2, 0.25) is 0 Å². The van der Waals surface area contributed by atoms with Crippen molar-refractivity contribution in [3.8, 4) is 5.75 Å². The van der Waals surface area contributed by atoms with Gasteiger partial charge >= 0.3 is 0 Å². The van der Waals surface area contributed by atoms with E-state index in [0.29, 0.717) is 6.04 Å². The molecule has 3 heteroatoms. The van der Waals surface area contributed by atoms with Crippen LogP contribution in [0, 0.1) is 0 Å². The standard InChI is InChI=1S/C18H22BrNO/c1-3-12-21-17-10-6-15(7-11-17)18(20-2)13-14-4-8-16(19)9-5-14/h4-11,18,20H,3,12-13H2,1-2H3. The summed E-state index contributed by atoms with van der Waals surface area (Å²) in [6.45, 7) is 2.89. The molecule has 0 aliphatic carbocycles. The van der Waals surface area contributed by atoms with Crippen LogP contribution in [-0.2, 0) is 6.42 Å². The van der Waals surface area contributed by atoms with Crippen LogP contribution in [0.5, 0.6) is 5.75 Å². The Morgan fingerprint density at radius 2 is 1.71 bits per heavy atom. The van der Waals surface area contributed by atoms with Crippen molar-refractivity contribution >= 4 is 15.9 Å². The summed E-state index contributed by atoms with van der Waals surface area (Å²) in [5, 5.41) is 3.39. The van der Waals surface area contributed by atoms with Crippen molar-refractivity contribution in [2.75, 3.05) is 13.7 Å². The number of hydrogen-bond acceptors (Lipinski definition) is 2. The lowest BCUT2D eigenvalue weighted by atomic mass is 9.99. The molecule has 0 aliphatic rings. The summed E-state index contributed by atoms with van der Waals surface area (Å²) in [6.07, 6.45) is 2.00. The Labute approximate surface area is 135 Å². The van der Waals surface area contributed by atoms with Crippen molar-refractivity contribution < 1.29 is 4.74 Å². The molecule has 0 aromatic heterocycles. The normalized spacial score (nSPS) is 12.1. The zero-order valence-corrected chi connectivity index (χ0v) is 14.2. The zero-order valence-electron chi connectivity index (χ0n) is 12.6. The highest BCUT2D eigenvalue weighted by atomic mass is 79.9. The number of benzene rings is 2. The summed E-state index contributed by atoms with van der Waals surface area (Å²) in [7, 11) is 2.00. The molecule has 0 saturated carbocycles. The van der Waals surface area contributed by atoms with Crippen molar-refractivity contribution in [3.63, 3.8) is 0 Å². The molecule has 0 bridgehead atoms. The fraction of sp³-hybridized carbons (Fsp3) is 0.333. The van der Waals surface area contributed by atoms with Crippen LogP contribution in [0.1, 0.15) is 30.5 Å². The highest BCUT2D eigenvalue weighted by Crippen LogP contribution is 2.22. The highest BCUT2D eigenvalue weighted by molar-refractivity contribution is 9.10. The van der Waals surface area contributed by atoms with Gasteiger partial charge in [0.25, 0.3) is 0 Å². The molecule has 0 saturated heterocycles. The van der Waals surface area contributed by atoms with E-state index < -0.39 is 0 Å². The van der Waals surface area contributed by atoms with Crippen LogP contribution < -0.4 is 10.1 Å². The average Bonchev–Trinajstić information content (AvgIpc) is 2.53. The van der Waals surface area contributed by atoms with E-state index in [1.54, 1.807) is 0 Å². The Bertz CT molecular complexity index is 536. The van der Waals surface area contributed by atoms with E-state index in [0.717, 1.165) is 29.7 Å². The summed E-state index contributed by atoms with van der Waals surface area (Å²) in [4.78, 5) is 0. The molecule has 0 radical (unpaired) electrons. The molecular weight excluding hydrogens is 326 g/mol. The second kappa shape index (κ2) is 8.20. The Kier molecular flexibility index (Phi) is 6.27. The van der Waals surface area contributed by atoms with Gasteiger partial charge in [-0.1, -0.05) is 47.1 Å². The largest absolute Gasteiger partial charge is 0.494 e. The van der Waals surface area contributed by atoms with Gasteiger partial charge in [0.15, 0.2) is 0 Å². The molecule has 2 nitrogen and oxygen atoms in total. The van der Waals surface area contributed by atoms with Gasteiger partial charge in [-0.15, -0.1) is 0 Å². The number of rotatable bonds is 7. The van der Waals surface area contributed by atoms with Crippen LogP contribution in [0.25, 0.3) is 0 Å². The minimum atomic E-state index is 0.311. The fourth-order valence-electron chi connectivity index (χ4n) is 2.26. The maximum Gasteiger partial charge on any atom is 0.119 e. The summed E-state index contributed by atoms with van der Waals surface area (Å²) in [5.74, 6) is 0.944. The van der Waals surface area contributed by atoms with Crippen molar-refractivity contribution in [1.29, 1.82) is 0 Å². The van der Waals surface area contributed by atoms with Gasteiger partial charge in [-0.3, -0.25) is 0 Å². The Balaban J connectivity index is 2.04. The molecular formula is C18H22BrNO. The fourth-order valence-corrected chi connectivity index (χ4v) is 2.52. The van der Waals surface area contributed by atoms with E-state index >= 15 is 0 Å². The van der Waals surface area contributed by atoms with Crippen molar-refractivity contribution in [2.24, 2.45) is 0 Å². The molecule has 0 fully saturated rings. The van der Waals surface area contributed by atoms with Gasteiger partial charge < -0.3 is 10.1 Å². The third-order valence-electron chi connectivity index (χ3n) is 3.46. The first kappa shape index (κ1) is 16.1. The number of ether oxygens (including phenoxy) is 1. The third-order valence-corrected chi connectivity index (χ3v) is 3.99. The minimum Gasteiger partial charge on any atom is -0.494 e. The van der Waals surface area contributed by atoms with Gasteiger partial charge in [0, 0.05) is 10.5 Å². The first-order valence-electron chi connectivity index (χ1n) is 7.37. The number of likely N-dealkylation sites (N-methyl/N-ethyl adjacent to an activating group) is 1. The summed E-state index contributed by atoms with van der Waals surface area (Å²) in [6, 6.07) is 17.2. The Hall–Kier alpha value is -1.32. The van der Waals surface area contributed by atoms with Gasteiger partial charge in [-0.25, -0.2) is 0 Å². The molecule has 1 N–H and O–H groups in total. The first-order valence-corrected chi connectivity index (χ1v) is 8.16. The second-order valence-electron chi connectivity index (χ2n) is 5.09. The van der Waals surface area contributed by atoms with Crippen LogP contribution >= 0.6 is 15.9 Å². The lowest BCUT2D eigenvalue weighted by Gasteiger charge is -2.17. The quantitative estimate of drug-likeness (QED) is 0.780. The van der Waals surface area contributed by atoms with E-state index in [2.05, 4.69) is 76.7 Å². The molecule has 0 amide bonds. The molecule has 2 aromatic rings. The van der Waals surface area contributed by atoms with E-state index in [1.807, 2.05) is 7.05 Å². The zero-order chi connectivity index (χ0) is 15.1. The average molecular weight is 348 g/mol. The lowest BCUT2D eigenvalue weighted by Crippen LogP contribution is -2.18.